The van der Waals surface area contributed by atoms with Crippen LogP contribution in [0.1, 0.15) is 20.3 Å². The van der Waals surface area contributed by atoms with Crippen LogP contribution in [0, 0.1) is 0 Å². The molecule has 0 aliphatic heterocycles. The third kappa shape index (κ3) is 10.0. The second kappa shape index (κ2) is 14.2. The van der Waals surface area contributed by atoms with Crippen molar-refractivity contribution in [2.24, 2.45) is 5.16 Å². The van der Waals surface area contributed by atoms with Crippen LogP contribution < -0.4 is 14.2 Å². The van der Waals surface area contributed by atoms with Crippen LogP contribution in [-0.4, -0.2) is 25.0 Å². The highest BCUT2D eigenvalue weighted by atomic mass is 35.5. The lowest BCUT2D eigenvalue weighted by Crippen LogP contribution is -2.24. The van der Waals surface area contributed by atoms with Crippen molar-refractivity contribution in [3.8, 4) is 23.0 Å². The maximum absolute atomic E-state index is 6.00. The maximum Gasteiger partial charge on any atom is 0.139 e. The maximum atomic E-state index is 6.00. The fourth-order valence-corrected chi connectivity index (χ4v) is 2.71. The van der Waals surface area contributed by atoms with Crippen molar-refractivity contribution in [2.45, 2.75) is 26.4 Å². The summed E-state index contributed by atoms with van der Waals surface area (Å²) in [5.74, 6) is 2.72. The zero-order chi connectivity index (χ0) is 23.3. The second-order valence-corrected chi connectivity index (χ2v) is 8.40. The molecule has 0 radical (unpaired) electrons. The molecule has 0 spiro atoms. The lowest BCUT2D eigenvalue weighted by Gasteiger charge is -2.17. The molecule has 0 bridgehead atoms. The van der Waals surface area contributed by atoms with Gasteiger partial charge in [-0.05, 0) is 74.0 Å². The third-order valence-electron chi connectivity index (χ3n) is 4.01. The number of oxime groups is 1. The highest BCUT2D eigenvalue weighted by Crippen LogP contribution is 2.26. The van der Waals surface area contributed by atoms with E-state index in [0.29, 0.717) is 28.7 Å². The first-order valence-electron chi connectivity index (χ1n) is 9.73. The molecule has 1 atom stereocenters. The van der Waals surface area contributed by atoms with Crippen LogP contribution in [0.2, 0.25) is 0 Å². The van der Waals surface area contributed by atoms with Crippen LogP contribution in [0.25, 0.3) is 0 Å². The van der Waals surface area contributed by atoms with E-state index in [1.165, 1.54) is 6.08 Å². The van der Waals surface area contributed by atoms with Crippen molar-refractivity contribution >= 4 is 52.1 Å². The molecule has 32 heavy (non-hydrogen) atoms. The Hall–Kier alpha value is -2.05. The fraction of sp³-hybridized carbons (Fsp3) is 0.261. The third-order valence-corrected chi connectivity index (χ3v) is 4.62. The first-order chi connectivity index (χ1) is 15.4. The molecule has 2 aromatic rings. The lowest BCUT2D eigenvalue weighted by atomic mass is 10.2. The Balaban J connectivity index is 1.89. The molecule has 0 amide bonds. The van der Waals surface area contributed by atoms with Gasteiger partial charge in [0.2, 0.25) is 0 Å². The van der Waals surface area contributed by atoms with E-state index in [2.05, 4.69) is 5.16 Å². The lowest BCUT2D eigenvalue weighted by molar-refractivity contribution is 0.166. The summed E-state index contributed by atoms with van der Waals surface area (Å²) in [5, 5.41) is 4.05. The minimum Gasteiger partial charge on any atom is -0.489 e. The number of hydrogen-bond donors (Lipinski definition) is 0. The van der Waals surface area contributed by atoms with Gasteiger partial charge in [0.15, 0.2) is 0 Å². The summed E-state index contributed by atoms with van der Waals surface area (Å²) in [4.78, 5) is 5.17. The monoisotopic (exact) mass is 517 g/mol. The van der Waals surface area contributed by atoms with Crippen LogP contribution in [0.3, 0.4) is 0 Å². The van der Waals surface area contributed by atoms with Gasteiger partial charge in [-0.15, -0.1) is 0 Å². The SMILES string of the molecule is CCC(Oc1ccc(Oc2ccc(OCC=C(Cl)Cl)cc2)cc1)C(C)=NOCC=C(Cl)Cl. The molecule has 2 aromatic carbocycles. The minimum atomic E-state index is -0.228. The summed E-state index contributed by atoms with van der Waals surface area (Å²) in [6.45, 7) is 4.32. The number of ether oxygens (including phenoxy) is 3. The number of benzene rings is 2. The first kappa shape index (κ1) is 26.2. The van der Waals surface area contributed by atoms with E-state index >= 15 is 0 Å². The van der Waals surface area contributed by atoms with Crippen molar-refractivity contribution in [3.05, 3.63) is 69.7 Å². The Morgan fingerprint density at radius 2 is 1.31 bits per heavy atom. The Kier molecular flexibility index (Phi) is 11.6. The van der Waals surface area contributed by atoms with E-state index in [1.807, 2.05) is 50.2 Å². The average Bonchev–Trinajstić information content (AvgIpc) is 2.77. The molecular weight excluding hydrogens is 496 g/mol. The van der Waals surface area contributed by atoms with Gasteiger partial charge in [0.25, 0.3) is 0 Å². The molecule has 0 saturated heterocycles. The highest BCUT2D eigenvalue weighted by molar-refractivity contribution is 6.56. The molecule has 2 rings (SSSR count). The van der Waals surface area contributed by atoms with Crippen molar-refractivity contribution in [3.63, 3.8) is 0 Å². The molecule has 9 heteroatoms. The Labute approximate surface area is 208 Å². The molecule has 0 aliphatic rings. The van der Waals surface area contributed by atoms with Crippen LogP contribution in [0.4, 0.5) is 0 Å². The van der Waals surface area contributed by atoms with Gasteiger partial charge in [-0.1, -0.05) is 58.5 Å². The Morgan fingerprint density at radius 1 is 0.812 bits per heavy atom. The van der Waals surface area contributed by atoms with E-state index in [1.54, 1.807) is 18.2 Å². The van der Waals surface area contributed by atoms with Gasteiger partial charge >= 0.3 is 0 Å². The molecule has 0 aromatic heterocycles. The molecule has 172 valence electrons. The van der Waals surface area contributed by atoms with Gasteiger partial charge in [0.05, 0.1) is 5.71 Å². The van der Waals surface area contributed by atoms with Crippen molar-refractivity contribution in [1.29, 1.82) is 0 Å². The van der Waals surface area contributed by atoms with Gasteiger partial charge in [0.1, 0.15) is 51.3 Å². The van der Waals surface area contributed by atoms with Crippen molar-refractivity contribution in [1.82, 2.24) is 0 Å². The zero-order valence-electron chi connectivity index (χ0n) is 17.6. The highest BCUT2D eigenvalue weighted by Gasteiger charge is 2.13. The number of rotatable bonds is 12. The van der Waals surface area contributed by atoms with Crippen molar-refractivity contribution < 1.29 is 19.0 Å². The smallest absolute Gasteiger partial charge is 0.139 e. The molecule has 0 N–H and O–H groups in total. The van der Waals surface area contributed by atoms with Crippen LogP contribution in [0.15, 0.2) is 74.8 Å². The van der Waals surface area contributed by atoms with Crippen LogP contribution in [0.5, 0.6) is 23.0 Å². The van der Waals surface area contributed by atoms with E-state index in [0.717, 1.165) is 6.42 Å². The van der Waals surface area contributed by atoms with Crippen LogP contribution >= 0.6 is 46.4 Å². The summed E-state index contributed by atoms with van der Waals surface area (Å²) in [6.07, 6.45) is 3.57. The van der Waals surface area contributed by atoms with E-state index < -0.39 is 0 Å². The summed E-state index contributed by atoms with van der Waals surface area (Å²) in [6, 6.07) is 14.6. The molecule has 0 saturated carbocycles. The summed E-state index contributed by atoms with van der Waals surface area (Å²) < 4.78 is 17.7. The van der Waals surface area contributed by atoms with Gasteiger partial charge in [-0.25, -0.2) is 0 Å². The molecule has 5 nitrogen and oxygen atoms in total. The summed E-state index contributed by atoms with van der Waals surface area (Å²) in [7, 11) is 0. The fourth-order valence-electron chi connectivity index (χ4n) is 2.45. The predicted molar refractivity (Wildman–Crippen MR) is 132 cm³/mol. The van der Waals surface area contributed by atoms with Gasteiger partial charge in [-0.3, -0.25) is 0 Å². The standard InChI is InChI=1S/C23H23Cl4NO4/c1-3-21(16(2)28-30-15-13-23(26)27)32-20-10-8-19(9-11-20)31-18-6-4-17(5-7-18)29-14-12-22(24)25/h4-13,21H,3,14-15H2,1-2H3. The van der Waals surface area contributed by atoms with Gasteiger partial charge in [-0.2, -0.15) is 0 Å². The topological polar surface area (TPSA) is 49.3 Å². The Bertz CT molecular complexity index is 920. The minimum absolute atomic E-state index is 0.137. The van der Waals surface area contributed by atoms with Crippen LogP contribution in [-0.2, 0) is 4.84 Å². The number of nitrogens with zero attached hydrogens (tertiary/aromatic N) is 1. The van der Waals surface area contributed by atoms with Crippen molar-refractivity contribution in [2.75, 3.05) is 13.2 Å². The van der Waals surface area contributed by atoms with E-state index in [9.17, 15) is 0 Å². The average molecular weight is 519 g/mol. The first-order valence-corrected chi connectivity index (χ1v) is 11.2. The molecule has 0 heterocycles. The van der Waals surface area contributed by atoms with E-state index in [-0.39, 0.29) is 28.3 Å². The summed E-state index contributed by atoms with van der Waals surface area (Å²) >= 11 is 22.2. The zero-order valence-corrected chi connectivity index (χ0v) is 20.6. The number of hydrogen-bond acceptors (Lipinski definition) is 5. The normalized spacial score (nSPS) is 11.9. The molecule has 0 aliphatic carbocycles. The van der Waals surface area contributed by atoms with E-state index in [4.69, 9.17) is 65.5 Å². The number of halogens is 4. The molecule has 1 unspecified atom stereocenters. The summed E-state index contributed by atoms with van der Waals surface area (Å²) in [5.41, 5.74) is 0.707. The molecular formula is C23H23Cl4NO4. The van der Waals surface area contributed by atoms with Gasteiger partial charge in [0, 0.05) is 0 Å². The predicted octanol–water partition coefficient (Wildman–Crippen LogP) is 8.05. The largest absolute Gasteiger partial charge is 0.489 e. The van der Waals surface area contributed by atoms with Gasteiger partial charge < -0.3 is 19.0 Å². The Morgan fingerprint density at radius 3 is 1.84 bits per heavy atom. The molecule has 0 fully saturated rings. The second-order valence-electron chi connectivity index (χ2n) is 6.39. The quantitative estimate of drug-likeness (QED) is 0.162.